The number of rotatable bonds is 16. The number of nitrogens with zero attached hydrogens (tertiary/aromatic N) is 6. The van der Waals surface area contributed by atoms with Crippen LogP contribution in [-0.4, -0.2) is 105 Å². The van der Waals surface area contributed by atoms with Crippen molar-refractivity contribution >= 4 is 75.4 Å². The van der Waals surface area contributed by atoms with E-state index in [-0.39, 0.29) is 92.2 Å². The maximum atomic E-state index is 13.1. The van der Waals surface area contributed by atoms with Crippen molar-refractivity contribution in [3.63, 3.8) is 0 Å². The number of phenolic OH excluding ortho intramolecular Hbond substituents is 2. The van der Waals surface area contributed by atoms with Crippen LogP contribution in [0.25, 0.3) is 12.2 Å². The van der Waals surface area contributed by atoms with Gasteiger partial charge in [-0.15, -0.1) is 0 Å². The first-order valence-corrected chi connectivity index (χ1v) is 35.0. The number of aromatic nitrogens is 6. The molecule has 0 aliphatic heterocycles. The zero-order valence-corrected chi connectivity index (χ0v) is 56.9. The van der Waals surface area contributed by atoms with E-state index in [0.717, 1.165) is 57.6 Å². The first-order valence-electron chi connectivity index (χ1n) is 29.3. The summed E-state index contributed by atoms with van der Waals surface area (Å²) in [6.45, 7) is 24.3. The minimum atomic E-state index is -5.08. The van der Waals surface area contributed by atoms with E-state index >= 15 is 0 Å². The third-order valence-electron chi connectivity index (χ3n) is 14.6. The maximum Gasteiger partial charge on any atom is 0.296 e. The van der Waals surface area contributed by atoms with E-state index in [1.54, 1.807) is 0 Å². The fourth-order valence-electron chi connectivity index (χ4n) is 9.92. The van der Waals surface area contributed by atoms with Crippen molar-refractivity contribution in [2.75, 3.05) is 13.1 Å². The molecule has 26 nitrogen and oxygen atoms in total. The lowest BCUT2D eigenvalue weighted by atomic mass is 9.78. The van der Waals surface area contributed by atoms with E-state index in [1.807, 2.05) is 107 Å². The summed E-state index contributed by atoms with van der Waals surface area (Å²) < 4.78 is 143. The summed E-state index contributed by atoms with van der Waals surface area (Å²) in [5.41, 5.74) is 1.90. The van der Waals surface area contributed by atoms with Crippen LogP contribution in [0.5, 0.6) is 11.5 Å². The third kappa shape index (κ3) is 18.1. The first kappa shape index (κ1) is 71.0. The lowest BCUT2D eigenvalue weighted by molar-refractivity contribution is 0.422. The molecular weight excluding hydrogens is 1290 g/mol. The molecule has 0 saturated heterocycles. The van der Waals surface area contributed by atoms with Crippen LogP contribution in [0.15, 0.2) is 159 Å². The Hall–Kier alpha value is -8.88. The van der Waals surface area contributed by atoms with E-state index in [2.05, 4.69) is 59.9 Å². The van der Waals surface area contributed by atoms with Gasteiger partial charge in [0.05, 0.1) is 22.7 Å². The monoisotopic (exact) mass is 1360 g/mol. The molecular formula is C64H76N12O14S4. The van der Waals surface area contributed by atoms with E-state index in [0.29, 0.717) is 12.8 Å². The van der Waals surface area contributed by atoms with Crippen molar-refractivity contribution in [3.8, 4) is 11.5 Å². The van der Waals surface area contributed by atoms with Gasteiger partial charge in [-0.25, -0.2) is 20.0 Å². The molecule has 8 aromatic rings. The minimum absolute atomic E-state index is 0.0520. The second-order valence-electron chi connectivity index (χ2n) is 26.2. The highest BCUT2D eigenvalue weighted by Crippen LogP contribution is 2.42. The molecule has 94 heavy (non-hydrogen) atoms. The van der Waals surface area contributed by atoms with Crippen LogP contribution in [0.2, 0.25) is 0 Å². The van der Waals surface area contributed by atoms with Gasteiger partial charge in [0, 0.05) is 13.1 Å². The van der Waals surface area contributed by atoms with Gasteiger partial charge in [0.15, 0.2) is 0 Å². The predicted octanol–water partition coefficient (Wildman–Crippen LogP) is 8.63. The Balaban J connectivity index is 1.19. The number of hydrogen-bond donors (Lipinski definition) is 12. The van der Waals surface area contributed by atoms with Crippen molar-refractivity contribution in [2.45, 2.75) is 137 Å². The number of nitrogens with one attached hydrogen (secondary N) is 6. The van der Waals surface area contributed by atoms with Gasteiger partial charge in [0.25, 0.3) is 40.5 Å². The SMILES string of the molecule is CC(C)(C)c1cc(CCN=c2[nH]c(=Nc3ccc(/C=C/c4ccc(N=c5[nH]c(=NCCc6cc(C(C)(C)C)c(O)c(C(C)(C)C)c6)[nH]c(=Nc6ccccc6S(=O)(=O)O)[nH]5)cc4S(=O)(=O)O)c(S(=O)(=O)O)c3)[nH]c(=Nc3ccccc3S(=O)(=O)O)[nH]2)cc(C(C)(C)C)c1O. The molecule has 500 valence electrons. The Labute approximate surface area is 543 Å². The van der Waals surface area contributed by atoms with E-state index in [4.69, 9.17) is 0 Å². The largest absolute Gasteiger partial charge is 0.507 e. The van der Waals surface area contributed by atoms with Crippen molar-refractivity contribution in [1.29, 1.82) is 0 Å². The lowest BCUT2D eigenvalue weighted by Gasteiger charge is -2.28. The molecule has 0 aliphatic rings. The fraction of sp³-hybridized carbons (Fsp3) is 0.312. The average Bonchev–Trinajstić information content (AvgIpc) is 0.797. The summed E-state index contributed by atoms with van der Waals surface area (Å²) in [6.07, 6.45) is 3.11. The predicted molar refractivity (Wildman–Crippen MR) is 353 cm³/mol. The Morgan fingerprint density at radius 2 is 0.638 bits per heavy atom. The molecule has 30 heteroatoms. The van der Waals surface area contributed by atoms with Gasteiger partial charge < -0.3 is 10.2 Å². The molecule has 0 saturated carbocycles. The van der Waals surface area contributed by atoms with Gasteiger partial charge in [0.1, 0.15) is 31.1 Å². The highest BCUT2D eigenvalue weighted by Gasteiger charge is 2.29. The Bertz CT molecular complexity index is 4850. The van der Waals surface area contributed by atoms with Gasteiger partial charge in [0.2, 0.25) is 33.7 Å². The van der Waals surface area contributed by atoms with Crippen molar-refractivity contribution in [2.24, 2.45) is 30.0 Å². The molecule has 6 aromatic carbocycles. The zero-order chi connectivity index (χ0) is 69.3. The smallest absolute Gasteiger partial charge is 0.296 e. The zero-order valence-electron chi connectivity index (χ0n) is 53.6. The molecule has 0 bridgehead atoms. The van der Waals surface area contributed by atoms with Crippen LogP contribution >= 0.6 is 0 Å². The number of H-pyrrole nitrogens is 6. The van der Waals surface area contributed by atoms with Crippen molar-refractivity contribution < 1.29 is 62.1 Å². The van der Waals surface area contributed by atoms with Gasteiger partial charge in [-0.1, -0.05) is 156 Å². The number of aromatic amines is 6. The first-order chi connectivity index (χ1) is 43.4. The van der Waals surface area contributed by atoms with Crippen LogP contribution in [-0.2, 0) is 75.0 Å². The topological polar surface area (TPSA) is 427 Å². The highest BCUT2D eigenvalue weighted by molar-refractivity contribution is 7.86. The summed E-state index contributed by atoms with van der Waals surface area (Å²) in [4.78, 5) is 42.3. The summed E-state index contributed by atoms with van der Waals surface area (Å²) in [6, 6.07) is 25.7. The summed E-state index contributed by atoms with van der Waals surface area (Å²) >= 11 is 0. The number of para-hydroxylation sites is 2. The van der Waals surface area contributed by atoms with Gasteiger partial charge >= 0.3 is 0 Å². The molecule has 0 aliphatic carbocycles. The number of aromatic hydroxyl groups is 2. The van der Waals surface area contributed by atoms with E-state index in [1.165, 1.54) is 72.8 Å². The quantitative estimate of drug-likeness (QED) is 0.0318. The minimum Gasteiger partial charge on any atom is -0.507 e. The highest BCUT2D eigenvalue weighted by atomic mass is 32.2. The summed E-state index contributed by atoms with van der Waals surface area (Å²) in [5, 5.41) is 22.6. The van der Waals surface area contributed by atoms with E-state index in [9.17, 15) is 62.1 Å². The third-order valence-corrected chi connectivity index (χ3v) is 18.2. The van der Waals surface area contributed by atoms with Crippen LogP contribution in [0.4, 0.5) is 22.7 Å². The van der Waals surface area contributed by atoms with Crippen molar-refractivity contribution in [3.05, 3.63) is 187 Å². The maximum absolute atomic E-state index is 13.1. The fourth-order valence-corrected chi connectivity index (χ4v) is 12.6. The van der Waals surface area contributed by atoms with Gasteiger partial charge in [-0.05, 0) is 128 Å². The summed E-state index contributed by atoms with van der Waals surface area (Å²) in [7, 11) is -19.7. The lowest BCUT2D eigenvalue weighted by Crippen LogP contribution is -2.37. The summed E-state index contributed by atoms with van der Waals surface area (Å²) in [5.74, 6) is 0.420. The number of benzene rings is 6. The Morgan fingerprint density at radius 3 is 0.926 bits per heavy atom. The normalized spacial score (nSPS) is 14.5. The van der Waals surface area contributed by atoms with Crippen LogP contribution in [0, 0.1) is 0 Å². The van der Waals surface area contributed by atoms with Gasteiger partial charge in [-0.3, -0.25) is 58.1 Å². The molecule has 0 atom stereocenters. The van der Waals surface area contributed by atoms with E-state index < -0.39 is 81.7 Å². The molecule has 0 radical (unpaired) electrons. The molecule has 2 aromatic heterocycles. The molecule has 0 amide bonds. The van der Waals surface area contributed by atoms with Crippen LogP contribution in [0.3, 0.4) is 0 Å². The van der Waals surface area contributed by atoms with Gasteiger partial charge in [-0.2, -0.15) is 33.7 Å². The van der Waals surface area contributed by atoms with Crippen molar-refractivity contribution in [1.82, 2.24) is 29.9 Å². The Kier molecular flexibility index (Phi) is 20.3. The molecule has 0 spiro atoms. The number of hydrogen-bond acceptors (Lipinski definition) is 16. The van der Waals surface area contributed by atoms with Crippen LogP contribution in [0.1, 0.15) is 128 Å². The second kappa shape index (κ2) is 26.9. The molecule has 12 N–H and O–H groups in total. The standard InChI is InChI=1S/C64H76N12O14S4/c1-61(2,3)43-31-37(32-44(53(43)77)62(4,5)6)27-29-65-55-71-57(75-59(73-55)69-47-17-13-15-19-49(47)91(79,80)81)67-41-25-23-39(51(35-41)93(85,86)87)21-22-40-24-26-42(36-52(40)94(88,89)90)68-58-72-56(74-60(76-58)70-48-18-14-16-20-50(48)92(82,83)84)66-30-28-38-33-45(63(7,8)9)54(78)46(34-38)64(10,11)12/h13-26,31-36,77-78H,27-30H2,1-12H3,(H,79,80,81)(H,82,83,84)(H,85,86,87)(H,88,89,90)(H3,65,67,69,71,73,75)(H3,66,68,70,72,74,76)/b22-21+. The molecule has 2 heterocycles. The Morgan fingerprint density at radius 1 is 0.362 bits per heavy atom. The second-order valence-corrected chi connectivity index (χ2v) is 31.8. The molecule has 0 fully saturated rings. The molecule has 8 rings (SSSR count). The molecule has 0 unspecified atom stereocenters. The van der Waals surface area contributed by atoms with Crippen LogP contribution < -0.4 is 33.7 Å². The number of phenols is 2. The average molecular weight is 1370 g/mol.